The summed E-state index contributed by atoms with van der Waals surface area (Å²) in [6, 6.07) is 0. The van der Waals surface area contributed by atoms with E-state index in [0.717, 1.165) is 0 Å². The standard InChI is InChI=1S/C12H16F2N2O2/c1-11(2)7-9(16-18-11)15-10(17)5-3-4-8-6-12(8,13)14/h3,5,8H,4,6-7H2,1-2H3,(H,15,16,17)/b5-3+. The zero-order valence-corrected chi connectivity index (χ0v) is 10.4. The van der Waals surface area contributed by atoms with Crippen LogP contribution in [0.1, 0.15) is 33.1 Å². The van der Waals surface area contributed by atoms with Crippen molar-refractivity contribution in [1.82, 2.24) is 5.32 Å². The molecule has 1 atom stereocenters. The Morgan fingerprint density at radius 3 is 2.78 bits per heavy atom. The Hall–Kier alpha value is -1.46. The number of alkyl halides is 2. The molecule has 0 aromatic heterocycles. The van der Waals surface area contributed by atoms with Crippen LogP contribution in [0.2, 0.25) is 0 Å². The van der Waals surface area contributed by atoms with Crippen LogP contribution < -0.4 is 5.32 Å². The third kappa shape index (κ3) is 3.27. The van der Waals surface area contributed by atoms with Crippen molar-refractivity contribution < 1.29 is 18.4 Å². The molecule has 0 radical (unpaired) electrons. The normalized spacial score (nSPS) is 27.8. The maximum Gasteiger partial charge on any atom is 0.251 e. The molecule has 2 rings (SSSR count). The largest absolute Gasteiger partial charge is 0.388 e. The molecule has 1 aliphatic carbocycles. The quantitative estimate of drug-likeness (QED) is 0.789. The summed E-state index contributed by atoms with van der Waals surface area (Å²) in [5.74, 6) is -3.04. The zero-order chi connectivity index (χ0) is 13.4. The second-order valence-electron chi connectivity index (χ2n) is 5.36. The summed E-state index contributed by atoms with van der Waals surface area (Å²) in [6.45, 7) is 3.72. The molecule has 0 bridgehead atoms. The van der Waals surface area contributed by atoms with E-state index in [1.807, 2.05) is 13.8 Å². The fraction of sp³-hybridized carbons (Fsp3) is 0.667. The van der Waals surface area contributed by atoms with Crippen LogP contribution in [-0.2, 0) is 9.63 Å². The van der Waals surface area contributed by atoms with Gasteiger partial charge >= 0.3 is 0 Å². The van der Waals surface area contributed by atoms with Gasteiger partial charge in [-0.3, -0.25) is 4.79 Å². The highest BCUT2D eigenvalue weighted by Crippen LogP contribution is 2.50. The molecular weight excluding hydrogens is 242 g/mol. The molecule has 4 nitrogen and oxygen atoms in total. The number of halogens is 2. The number of amides is 1. The summed E-state index contributed by atoms with van der Waals surface area (Å²) < 4.78 is 25.1. The second kappa shape index (κ2) is 4.33. The molecule has 1 heterocycles. The number of allylic oxidation sites excluding steroid dienone is 1. The zero-order valence-electron chi connectivity index (χ0n) is 10.4. The Labute approximate surface area is 104 Å². The maximum atomic E-state index is 12.6. The summed E-state index contributed by atoms with van der Waals surface area (Å²) in [5, 5.41) is 6.30. The van der Waals surface area contributed by atoms with Crippen molar-refractivity contribution in [2.75, 3.05) is 0 Å². The molecule has 1 aliphatic heterocycles. The van der Waals surface area contributed by atoms with Gasteiger partial charge in [0.15, 0.2) is 5.84 Å². The van der Waals surface area contributed by atoms with Gasteiger partial charge in [-0.2, -0.15) is 0 Å². The minimum atomic E-state index is -2.53. The molecular formula is C12H16F2N2O2. The summed E-state index contributed by atoms with van der Waals surface area (Å²) >= 11 is 0. The molecule has 0 aromatic carbocycles. The molecule has 2 aliphatic rings. The molecule has 0 spiro atoms. The lowest BCUT2D eigenvalue weighted by molar-refractivity contribution is -0.115. The van der Waals surface area contributed by atoms with Crippen LogP contribution in [0.15, 0.2) is 17.3 Å². The predicted octanol–water partition coefficient (Wildman–Crippen LogP) is 2.22. The van der Waals surface area contributed by atoms with E-state index in [1.54, 1.807) is 0 Å². The molecule has 1 saturated carbocycles. The number of carbonyl (C=O) groups is 1. The van der Waals surface area contributed by atoms with Crippen LogP contribution in [0.3, 0.4) is 0 Å². The van der Waals surface area contributed by atoms with Gasteiger partial charge in [0.05, 0.1) is 6.42 Å². The molecule has 0 aromatic rings. The minimum absolute atomic E-state index is 0.0757. The van der Waals surface area contributed by atoms with Gasteiger partial charge in [-0.1, -0.05) is 11.2 Å². The van der Waals surface area contributed by atoms with E-state index in [0.29, 0.717) is 12.3 Å². The Kier molecular flexibility index (Phi) is 3.12. The molecule has 100 valence electrons. The topological polar surface area (TPSA) is 50.7 Å². The average molecular weight is 258 g/mol. The molecule has 1 fully saturated rings. The predicted molar refractivity (Wildman–Crippen MR) is 62.2 cm³/mol. The Morgan fingerprint density at radius 1 is 1.61 bits per heavy atom. The summed E-state index contributed by atoms with van der Waals surface area (Å²) in [5.41, 5.74) is -0.400. The number of nitrogens with zero attached hydrogens (tertiary/aromatic N) is 1. The highest BCUT2D eigenvalue weighted by atomic mass is 19.3. The summed E-state index contributed by atoms with van der Waals surface area (Å²) in [7, 11) is 0. The molecule has 0 saturated heterocycles. The van der Waals surface area contributed by atoms with E-state index in [-0.39, 0.29) is 18.7 Å². The van der Waals surface area contributed by atoms with Crippen molar-refractivity contribution in [3.05, 3.63) is 12.2 Å². The van der Waals surface area contributed by atoms with Crippen molar-refractivity contribution in [3.63, 3.8) is 0 Å². The fourth-order valence-electron chi connectivity index (χ4n) is 1.76. The first kappa shape index (κ1) is 13.0. The van der Waals surface area contributed by atoms with E-state index in [4.69, 9.17) is 4.84 Å². The van der Waals surface area contributed by atoms with Crippen LogP contribution in [0.5, 0.6) is 0 Å². The highest BCUT2D eigenvalue weighted by molar-refractivity contribution is 6.03. The second-order valence-corrected chi connectivity index (χ2v) is 5.36. The summed E-state index contributed by atoms with van der Waals surface area (Å²) in [6.07, 6.45) is 3.42. The number of rotatable bonds is 3. The summed E-state index contributed by atoms with van der Waals surface area (Å²) in [4.78, 5) is 16.5. The van der Waals surface area contributed by atoms with Gasteiger partial charge in [-0.15, -0.1) is 0 Å². The van der Waals surface area contributed by atoms with Gasteiger partial charge < -0.3 is 10.2 Å². The van der Waals surface area contributed by atoms with E-state index in [2.05, 4.69) is 10.5 Å². The monoisotopic (exact) mass is 258 g/mol. The van der Waals surface area contributed by atoms with Crippen molar-refractivity contribution in [2.45, 2.75) is 44.6 Å². The molecule has 6 heteroatoms. The highest BCUT2D eigenvalue weighted by Gasteiger charge is 2.55. The van der Waals surface area contributed by atoms with Gasteiger partial charge in [0.1, 0.15) is 5.60 Å². The molecule has 1 unspecified atom stereocenters. The van der Waals surface area contributed by atoms with Crippen LogP contribution in [0, 0.1) is 5.92 Å². The third-order valence-corrected chi connectivity index (χ3v) is 2.91. The van der Waals surface area contributed by atoms with Gasteiger partial charge in [-0.05, 0) is 26.3 Å². The average Bonchev–Trinajstić information content (AvgIpc) is 2.67. The molecule has 1 N–H and O–H groups in total. The van der Waals surface area contributed by atoms with Gasteiger partial charge in [0.25, 0.3) is 5.92 Å². The number of hydrogen-bond acceptors (Lipinski definition) is 3. The maximum absolute atomic E-state index is 12.6. The van der Waals surface area contributed by atoms with Gasteiger partial charge in [0, 0.05) is 12.3 Å². The Bertz CT molecular complexity index is 416. The Balaban J connectivity index is 1.71. The number of carbonyl (C=O) groups excluding carboxylic acids is 1. The molecule has 1 amide bonds. The Morgan fingerprint density at radius 2 is 2.28 bits per heavy atom. The third-order valence-electron chi connectivity index (χ3n) is 2.91. The van der Waals surface area contributed by atoms with Crippen LogP contribution in [0.25, 0.3) is 0 Å². The number of amidine groups is 1. The minimum Gasteiger partial charge on any atom is -0.388 e. The van der Waals surface area contributed by atoms with E-state index in [9.17, 15) is 13.6 Å². The number of oxime groups is 1. The van der Waals surface area contributed by atoms with Crippen molar-refractivity contribution in [1.29, 1.82) is 0 Å². The lowest BCUT2D eigenvalue weighted by atomic mass is 10.1. The lowest BCUT2D eigenvalue weighted by Crippen LogP contribution is -2.30. The fourth-order valence-corrected chi connectivity index (χ4v) is 1.76. The first-order valence-electron chi connectivity index (χ1n) is 5.89. The van der Waals surface area contributed by atoms with Crippen molar-refractivity contribution in [3.8, 4) is 0 Å². The van der Waals surface area contributed by atoms with Crippen molar-refractivity contribution >= 4 is 11.7 Å². The first-order chi connectivity index (χ1) is 8.28. The SMILES string of the molecule is CC1(C)CC(NC(=O)/C=C/CC2CC2(F)F)=NO1. The van der Waals surface area contributed by atoms with E-state index >= 15 is 0 Å². The van der Waals surface area contributed by atoms with Gasteiger partial charge in [-0.25, -0.2) is 8.78 Å². The van der Waals surface area contributed by atoms with Crippen LogP contribution in [0.4, 0.5) is 8.78 Å². The molecule has 18 heavy (non-hydrogen) atoms. The van der Waals surface area contributed by atoms with E-state index in [1.165, 1.54) is 12.2 Å². The van der Waals surface area contributed by atoms with Crippen LogP contribution >= 0.6 is 0 Å². The van der Waals surface area contributed by atoms with Crippen LogP contribution in [-0.4, -0.2) is 23.3 Å². The first-order valence-corrected chi connectivity index (χ1v) is 5.89. The number of nitrogens with one attached hydrogen (secondary N) is 1. The number of hydrogen-bond donors (Lipinski definition) is 1. The lowest BCUT2D eigenvalue weighted by Gasteiger charge is -2.12. The van der Waals surface area contributed by atoms with Crippen molar-refractivity contribution in [2.24, 2.45) is 11.1 Å². The van der Waals surface area contributed by atoms with Gasteiger partial charge in [0.2, 0.25) is 5.91 Å². The van der Waals surface area contributed by atoms with E-state index < -0.39 is 17.4 Å². The smallest absolute Gasteiger partial charge is 0.251 e.